The first-order chi connectivity index (χ1) is 12.1. The summed E-state index contributed by atoms with van der Waals surface area (Å²) in [5, 5.41) is 19.3. The second-order valence-electron chi connectivity index (χ2n) is 6.82. The highest BCUT2D eigenvalue weighted by Crippen LogP contribution is 2.38. The second-order valence-corrected chi connectivity index (χ2v) is 7.87. The molecule has 136 valence electrons. The van der Waals surface area contributed by atoms with E-state index in [-0.39, 0.29) is 16.2 Å². The Kier molecular flexibility index (Phi) is 4.23. The number of imidazole rings is 1. The molecule has 2 N–H and O–H groups in total. The van der Waals surface area contributed by atoms with Gasteiger partial charge in [-0.15, -0.1) is 11.3 Å². The van der Waals surface area contributed by atoms with Crippen molar-refractivity contribution in [2.45, 2.75) is 33.3 Å². The van der Waals surface area contributed by atoms with Gasteiger partial charge in [-0.3, -0.25) is 4.40 Å². The molecule has 0 fully saturated rings. The summed E-state index contributed by atoms with van der Waals surface area (Å²) in [7, 11) is 0. The van der Waals surface area contributed by atoms with E-state index in [0.717, 1.165) is 11.3 Å². The van der Waals surface area contributed by atoms with Crippen LogP contribution in [0, 0.1) is 6.92 Å². The predicted octanol–water partition coefficient (Wildman–Crippen LogP) is 3.73. The smallest absolute Gasteiger partial charge is 0.352 e. The molecule has 0 aliphatic carbocycles. The van der Waals surface area contributed by atoms with Gasteiger partial charge in [0.2, 0.25) is 0 Å². The summed E-state index contributed by atoms with van der Waals surface area (Å²) in [6.45, 7) is 7.05. The largest absolute Gasteiger partial charge is 0.506 e. The zero-order chi connectivity index (χ0) is 19.2. The maximum absolute atomic E-state index is 12.3. The molecule has 0 saturated carbocycles. The molecule has 0 aromatic carbocycles. The molecule has 26 heavy (non-hydrogen) atoms. The fourth-order valence-electron chi connectivity index (χ4n) is 2.56. The molecular formula is C18H18N2O5S. The zero-order valence-corrected chi connectivity index (χ0v) is 15.5. The van der Waals surface area contributed by atoms with Gasteiger partial charge in [0.1, 0.15) is 17.0 Å². The number of hydrogen-bond donors (Lipinski definition) is 2. The van der Waals surface area contributed by atoms with Gasteiger partial charge in [-0.2, -0.15) is 0 Å². The minimum absolute atomic E-state index is 0.117. The molecule has 0 aliphatic heterocycles. The summed E-state index contributed by atoms with van der Waals surface area (Å²) in [6, 6.07) is 4.44. The summed E-state index contributed by atoms with van der Waals surface area (Å²) in [5.74, 6) is -1.78. The number of carboxylic acids is 1. The van der Waals surface area contributed by atoms with Gasteiger partial charge >= 0.3 is 11.9 Å². The molecule has 0 aliphatic rings. The van der Waals surface area contributed by atoms with E-state index < -0.39 is 17.5 Å². The normalized spacial score (nSPS) is 11.7. The molecule has 3 rings (SSSR count). The Bertz CT molecular complexity index is 1030. The quantitative estimate of drug-likeness (QED) is 0.678. The van der Waals surface area contributed by atoms with Crippen molar-refractivity contribution in [1.82, 2.24) is 9.38 Å². The van der Waals surface area contributed by atoms with E-state index in [1.54, 1.807) is 38.3 Å². The molecule has 0 amide bonds. The molecule has 3 aromatic rings. The topological polar surface area (TPSA) is 101 Å². The Morgan fingerprint density at radius 1 is 1.27 bits per heavy atom. The second kappa shape index (κ2) is 6.14. The molecule has 3 aromatic heterocycles. The maximum atomic E-state index is 12.3. The zero-order valence-electron chi connectivity index (χ0n) is 14.7. The first kappa shape index (κ1) is 17.9. The number of aromatic hydroxyl groups is 1. The Hall–Kier alpha value is -2.87. The van der Waals surface area contributed by atoms with Gasteiger partial charge in [0.15, 0.2) is 4.88 Å². The Balaban J connectivity index is 2.07. The SMILES string of the molecule is Cc1nc2cc(C(=O)O)ccn2c1-c1cc(O)c(C(=O)OC(C)(C)C)s1. The van der Waals surface area contributed by atoms with Crippen LogP contribution in [0.2, 0.25) is 0 Å². The summed E-state index contributed by atoms with van der Waals surface area (Å²) in [6.07, 6.45) is 1.61. The van der Waals surface area contributed by atoms with E-state index in [0.29, 0.717) is 21.9 Å². The van der Waals surface area contributed by atoms with Crippen LogP contribution in [-0.4, -0.2) is 37.1 Å². The number of nitrogens with zero attached hydrogens (tertiary/aromatic N) is 2. The van der Waals surface area contributed by atoms with Crippen molar-refractivity contribution in [2.24, 2.45) is 0 Å². The number of carbonyl (C=O) groups excluding carboxylic acids is 1. The summed E-state index contributed by atoms with van der Waals surface area (Å²) in [5.41, 5.74) is 1.29. The molecule has 0 saturated heterocycles. The highest BCUT2D eigenvalue weighted by atomic mass is 32.1. The molecular weight excluding hydrogens is 356 g/mol. The van der Waals surface area contributed by atoms with Crippen molar-refractivity contribution >= 4 is 28.9 Å². The van der Waals surface area contributed by atoms with Gasteiger partial charge in [0.25, 0.3) is 0 Å². The van der Waals surface area contributed by atoms with Crippen molar-refractivity contribution < 1.29 is 24.5 Å². The summed E-state index contributed by atoms with van der Waals surface area (Å²) in [4.78, 5) is 28.5. The van der Waals surface area contributed by atoms with E-state index in [1.807, 2.05) is 0 Å². The van der Waals surface area contributed by atoms with Crippen molar-refractivity contribution in [1.29, 1.82) is 0 Å². The number of carboxylic acid groups (broad SMARTS) is 1. The van der Waals surface area contributed by atoms with Crippen molar-refractivity contribution in [3.8, 4) is 16.3 Å². The van der Waals surface area contributed by atoms with E-state index >= 15 is 0 Å². The number of aryl methyl sites for hydroxylation is 1. The van der Waals surface area contributed by atoms with Crippen molar-refractivity contribution in [2.75, 3.05) is 0 Å². The molecule has 7 nitrogen and oxygen atoms in total. The van der Waals surface area contributed by atoms with Crippen molar-refractivity contribution in [3.05, 3.63) is 40.5 Å². The number of hydrogen-bond acceptors (Lipinski definition) is 6. The molecule has 0 bridgehead atoms. The Morgan fingerprint density at radius 2 is 1.96 bits per heavy atom. The number of aromatic carboxylic acids is 1. The van der Waals surface area contributed by atoms with Gasteiger partial charge in [-0.25, -0.2) is 14.6 Å². The molecule has 3 heterocycles. The van der Waals surface area contributed by atoms with E-state index in [2.05, 4.69) is 4.98 Å². The van der Waals surface area contributed by atoms with Crippen LogP contribution in [0.15, 0.2) is 24.4 Å². The standard InChI is InChI=1S/C18H18N2O5S/c1-9-14(20-6-5-10(16(22)23)7-13(20)19-9)12-8-11(21)15(26-12)17(24)25-18(2,3)4/h5-8,21H,1-4H3,(H,22,23). The van der Waals surface area contributed by atoms with Gasteiger partial charge < -0.3 is 14.9 Å². The summed E-state index contributed by atoms with van der Waals surface area (Å²) < 4.78 is 7.05. The van der Waals surface area contributed by atoms with Crippen LogP contribution in [0.4, 0.5) is 0 Å². The number of pyridine rings is 1. The van der Waals surface area contributed by atoms with Crippen LogP contribution in [0.25, 0.3) is 16.2 Å². The number of fused-ring (bicyclic) bond motifs is 1. The number of esters is 1. The number of rotatable bonds is 3. The third-order valence-electron chi connectivity index (χ3n) is 3.58. The minimum atomic E-state index is -1.03. The average Bonchev–Trinajstić information content (AvgIpc) is 3.03. The van der Waals surface area contributed by atoms with Crippen LogP contribution in [0.5, 0.6) is 5.75 Å². The van der Waals surface area contributed by atoms with Gasteiger partial charge in [-0.05, 0) is 39.8 Å². The predicted molar refractivity (Wildman–Crippen MR) is 97.0 cm³/mol. The van der Waals surface area contributed by atoms with Crippen LogP contribution in [0.3, 0.4) is 0 Å². The highest BCUT2D eigenvalue weighted by Gasteiger charge is 2.25. The third kappa shape index (κ3) is 3.28. The minimum Gasteiger partial charge on any atom is -0.506 e. The Morgan fingerprint density at radius 3 is 2.58 bits per heavy atom. The number of thiophene rings is 1. The van der Waals surface area contributed by atoms with E-state index in [1.165, 1.54) is 18.2 Å². The van der Waals surface area contributed by atoms with Crippen LogP contribution >= 0.6 is 11.3 Å². The first-order valence-electron chi connectivity index (χ1n) is 7.85. The van der Waals surface area contributed by atoms with Gasteiger partial charge in [-0.1, -0.05) is 0 Å². The lowest BCUT2D eigenvalue weighted by Crippen LogP contribution is -2.23. The first-order valence-corrected chi connectivity index (χ1v) is 8.67. The van der Waals surface area contributed by atoms with E-state index in [9.17, 15) is 14.7 Å². The van der Waals surface area contributed by atoms with E-state index in [4.69, 9.17) is 9.84 Å². The highest BCUT2D eigenvalue weighted by molar-refractivity contribution is 7.17. The molecule has 0 unspecified atom stereocenters. The number of ether oxygens (including phenoxy) is 1. The van der Waals surface area contributed by atoms with Crippen LogP contribution in [-0.2, 0) is 4.74 Å². The lowest BCUT2D eigenvalue weighted by molar-refractivity contribution is 0.00726. The average molecular weight is 374 g/mol. The fraction of sp³-hybridized carbons (Fsp3) is 0.278. The number of aromatic nitrogens is 2. The van der Waals surface area contributed by atoms with Crippen LogP contribution < -0.4 is 0 Å². The van der Waals surface area contributed by atoms with Crippen molar-refractivity contribution in [3.63, 3.8) is 0 Å². The summed E-state index contributed by atoms with van der Waals surface area (Å²) >= 11 is 1.10. The molecule has 0 spiro atoms. The lowest BCUT2D eigenvalue weighted by Gasteiger charge is -2.18. The fourth-order valence-corrected chi connectivity index (χ4v) is 3.58. The molecule has 8 heteroatoms. The molecule has 0 atom stereocenters. The van der Waals surface area contributed by atoms with Crippen LogP contribution in [0.1, 0.15) is 46.5 Å². The third-order valence-corrected chi connectivity index (χ3v) is 4.69. The Labute approximate surface area is 153 Å². The molecule has 0 radical (unpaired) electrons. The lowest BCUT2D eigenvalue weighted by atomic mass is 10.2. The van der Waals surface area contributed by atoms with Gasteiger partial charge in [0.05, 0.1) is 21.8 Å². The van der Waals surface area contributed by atoms with Gasteiger partial charge in [0, 0.05) is 12.3 Å². The number of carbonyl (C=O) groups is 2. The maximum Gasteiger partial charge on any atom is 0.352 e. The monoisotopic (exact) mass is 374 g/mol.